The van der Waals surface area contributed by atoms with Gasteiger partial charge >= 0.3 is 161 Å². The molecule has 2 heterocycles. The average Bonchev–Trinajstić information content (AvgIpc) is 3.16. The number of aromatic nitrogens is 5. The zero-order valence-electron chi connectivity index (χ0n) is 14.3. The summed E-state index contributed by atoms with van der Waals surface area (Å²) in [6.45, 7) is 1.60. The van der Waals surface area contributed by atoms with Crippen molar-refractivity contribution >= 4 is 42.3 Å². The van der Waals surface area contributed by atoms with Crippen LogP contribution < -0.4 is 25.6 Å². The number of anilines is 1. The molecule has 0 aliphatic heterocycles. The van der Waals surface area contributed by atoms with Crippen LogP contribution in [-0.2, 0) is 4.79 Å². The third-order valence-corrected chi connectivity index (χ3v) is 5.81. The Morgan fingerprint density at radius 3 is 2.63 bits per heavy atom. The van der Waals surface area contributed by atoms with Gasteiger partial charge in [-0.25, -0.2) is 0 Å². The predicted molar refractivity (Wildman–Crippen MR) is 99.2 cm³/mol. The SMILES string of the molecule is C[C@@H](Nc1ncc(C(N)=O)c([As]c2cccc(-n3nccn3)c2)n1)C(N)=O. The minimum atomic E-state index is -0.681. The number of carbonyl (C=O) groups is 2. The number of rotatable bonds is 7. The fourth-order valence-electron chi connectivity index (χ4n) is 2.12. The van der Waals surface area contributed by atoms with Crippen LogP contribution in [0.4, 0.5) is 5.95 Å². The monoisotopic (exact) mass is 427 g/mol. The van der Waals surface area contributed by atoms with E-state index in [-0.39, 0.29) is 11.5 Å². The van der Waals surface area contributed by atoms with Gasteiger partial charge in [-0.2, -0.15) is 0 Å². The van der Waals surface area contributed by atoms with E-state index in [1.165, 1.54) is 11.0 Å². The van der Waals surface area contributed by atoms with Crippen LogP contribution in [0.3, 0.4) is 0 Å². The van der Waals surface area contributed by atoms with Crippen molar-refractivity contribution in [2.45, 2.75) is 13.0 Å². The van der Waals surface area contributed by atoms with Gasteiger partial charge in [-0.1, -0.05) is 0 Å². The standard InChI is InChI=1S/C16H16AsN8O2/c1-9(14(18)26)23-16-20-8-12(15(19)27)13(24-16)17-10-3-2-4-11(7-10)25-21-5-6-22-25/h2-9H,1H3,(H2,18,26)(H2,19,27)(H,20,23,24)/t9-/m1/s1. The first-order chi connectivity index (χ1) is 12.9. The molecule has 1 atom stereocenters. The molecule has 137 valence electrons. The molecule has 3 rings (SSSR count). The number of hydrogen-bond donors (Lipinski definition) is 3. The van der Waals surface area contributed by atoms with E-state index in [1.54, 1.807) is 19.3 Å². The molecule has 0 bridgehead atoms. The Kier molecular flexibility index (Phi) is 5.46. The number of benzene rings is 1. The van der Waals surface area contributed by atoms with Crippen molar-refractivity contribution in [3.8, 4) is 5.69 Å². The number of nitrogens with two attached hydrogens (primary N) is 2. The Balaban J connectivity index is 1.91. The Labute approximate surface area is 161 Å². The van der Waals surface area contributed by atoms with Crippen molar-refractivity contribution in [2.75, 3.05) is 5.32 Å². The fraction of sp³-hybridized carbons (Fsp3) is 0.125. The van der Waals surface area contributed by atoms with Gasteiger partial charge in [0.2, 0.25) is 0 Å². The second-order valence-corrected chi connectivity index (χ2v) is 7.96. The summed E-state index contributed by atoms with van der Waals surface area (Å²) < 4.78 is 1.50. The van der Waals surface area contributed by atoms with E-state index in [9.17, 15) is 9.59 Å². The van der Waals surface area contributed by atoms with E-state index in [4.69, 9.17) is 11.5 Å². The summed E-state index contributed by atoms with van der Waals surface area (Å²) >= 11 is -0.681. The molecule has 0 saturated carbocycles. The third kappa shape index (κ3) is 4.48. The van der Waals surface area contributed by atoms with Gasteiger partial charge in [0, 0.05) is 0 Å². The van der Waals surface area contributed by atoms with Crippen LogP contribution in [0, 0.1) is 0 Å². The van der Waals surface area contributed by atoms with Gasteiger partial charge in [0.1, 0.15) is 0 Å². The van der Waals surface area contributed by atoms with Crippen molar-refractivity contribution < 1.29 is 9.59 Å². The van der Waals surface area contributed by atoms with Crippen molar-refractivity contribution in [3.05, 3.63) is 48.4 Å². The molecule has 3 aromatic rings. The quantitative estimate of drug-likeness (QED) is 0.372. The van der Waals surface area contributed by atoms with E-state index in [2.05, 4.69) is 25.5 Å². The summed E-state index contributed by atoms with van der Waals surface area (Å²) in [5.41, 5.74) is 11.7. The average molecular weight is 427 g/mol. The number of nitrogens with one attached hydrogen (secondary N) is 1. The molecule has 2 amide bonds. The van der Waals surface area contributed by atoms with Crippen LogP contribution in [0.5, 0.6) is 0 Å². The third-order valence-electron chi connectivity index (χ3n) is 3.52. The predicted octanol–water partition coefficient (Wildman–Crippen LogP) is -1.90. The number of amides is 2. The molecular formula is C16H16AsN8O2. The minimum absolute atomic E-state index is 0.210. The molecule has 0 aliphatic rings. The van der Waals surface area contributed by atoms with Crippen LogP contribution in [0.15, 0.2) is 42.9 Å². The van der Waals surface area contributed by atoms with Gasteiger partial charge in [0.05, 0.1) is 0 Å². The van der Waals surface area contributed by atoms with Gasteiger partial charge < -0.3 is 0 Å². The van der Waals surface area contributed by atoms with E-state index >= 15 is 0 Å². The van der Waals surface area contributed by atoms with Crippen LogP contribution >= 0.6 is 0 Å². The van der Waals surface area contributed by atoms with Crippen molar-refractivity contribution in [3.63, 3.8) is 0 Å². The second kappa shape index (κ2) is 7.96. The first-order valence-corrected chi connectivity index (χ1v) is 9.73. The Bertz CT molecular complexity index is 976. The van der Waals surface area contributed by atoms with Crippen LogP contribution in [0.25, 0.3) is 5.69 Å². The summed E-state index contributed by atoms with van der Waals surface area (Å²) in [5, 5.41) is 11.0. The second-order valence-electron chi connectivity index (χ2n) is 5.51. The maximum absolute atomic E-state index is 11.7. The Morgan fingerprint density at radius 2 is 1.96 bits per heavy atom. The van der Waals surface area contributed by atoms with Crippen molar-refractivity contribution in [1.82, 2.24) is 25.0 Å². The number of carbonyl (C=O) groups excluding carboxylic acids is 2. The topological polar surface area (TPSA) is 155 Å². The molecule has 0 fully saturated rings. The molecule has 27 heavy (non-hydrogen) atoms. The van der Waals surface area contributed by atoms with E-state index in [0.29, 0.717) is 4.48 Å². The Hall–Kier alpha value is -3.26. The van der Waals surface area contributed by atoms with Gasteiger partial charge in [-0.15, -0.1) is 0 Å². The molecule has 5 N–H and O–H groups in total. The summed E-state index contributed by atoms with van der Waals surface area (Å²) in [4.78, 5) is 32.9. The van der Waals surface area contributed by atoms with Crippen LogP contribution in [0.2, 0.25) is 0 Å². The fourth-order valence-corrected chi connectivity index (χ4v) is 4.30. The molecule has 0 spiro atoms. The first-order valence-electron chi connectivity index (χ1n) is 7.85. The zero-order chi connectivity index (χ0) is 19.4. The van der Waals surface area contributed by atoms with E-state index < -0.39 is 33.6 Å². The summed E-state index contributed by atoms with van der Waals surface area (Å²) in [6.07, 6.45) is 4.54. The summed E-state index contributed by atoms with van der Waals surface area (Å²) in [6, 6.07) is 6.96. The molecule has 2 aromatic heterocycles. The molecule has 10 nitrogen and oxygen atoms in total. The molecule has 1 aromatic carbocycles. The van der Waals surface area contributed by atoms with Gasteiger partial charge in [0.15, 0.2) is 0 Å². The van der Waals surface area contributed by atoms with E-state index in [0.717, 1.165) is 10.0 Å². The molecule has 0 aliphatic carbocycles. The summed E-state index contributed by atoms with van der Waals surface area (Å²) in [7, 11) is 0. The van der Waals surface area contributed by atoms with Gasteiger partial charge in [-0.05, 0) is 0 Å². The number of nitrogens with zero attached hydrogens (tertiary/aromatic N) is 5. The Morgan fingerprint density at radius 1 is 1.22 bits per heavy atom. The van der Waals surface area contributed by atoms with Gasteiger partial charge in [0.25, 0.3) is 0 Å². The van der Waals surface area contributed by atoms with Gasteiger partial charge in [-0.3, -0.25) is 0 Å². The zero-order valence-corrected chi connectivity index (χ0v) is 16.1. The first kappa shape index (κ1) is 18.5. The normalized spacial score (nSPS) is 12.2. The molecule has 0 saturated heterocycles. The molecule has 0 unspecified atom stereocenters. The maximum atomic E-state index is 11.7. The molecular weight excluding hydrogens is 411 g/mol. The number of hydrogen-bond acceptors (Lipinski definition) is 7. The van der Waals surface area contributed by atoms with Crippen molar-refractivity contribution in [2.24, 2.45) is 11.5 Å². The van der Waals surface area contributed by atoms with Crippen molar-refractivity contribution in [1.29, 1.82) is 0 Å². The van der Waals surface area contributed by atoms with Crippen LogP contribution in [-0.4, -0.2) is 58.6 Å². The molecule has 11 heteroatoms. The number of primary amides is 2. The molecule has 1 radical (unpaired) electrons. The summed E-state index contributed by atoms with van der Waals surface area (Å²) in [5.74, 6) is -0.937. The van der Waals surface area contributed by atoms with E-state index in [1.807, 2.05) is 24.3 Å². The van der Waals surface area contributed by atoms with Crippen LogP contribution in [0.1, 0.15) is 17.3 Å².